The first-order valence-corrected chi connectivity index (χ1v) is 5.03. The van der Waals surface area contributed by atoms with Crippen molar-refractivity contribution >= 4 is 10.9 Å². The molecule has 0 aliphatic carbocycles. The molecule has 0 amide bonds. The van der Waals surface area contributed by atoms with Crippen LogP contribution in [0.1, 0.15) is 0 Å². The van der Waals surface area contributed by atoms with Crippen molar-refractivity contribution in [2.75, 3.05) is 0 Å². The Morgan fingerprint density at radius 1 is 1.13 bits per heavy atom. The molecule has 1 N–H and O–H groups in total. The monoisotopic (exact) mass is 196 g/mol. The molecule has 0 saturated heterocycles. The largest absolute Gasteiger partial charge is 0.361 e. The second-order valence-corrected chi connectivity index (χ2v) is 3.81. The number of hydrogen-bond acceptors (Lipinski definition) is 0. The number of aryl methyl sites for hydroxylation is 1. The first-order valence-electron chi connectivity index (χ1n) is 5.03. The Bertz CT molecular complexity index is 602. The number of rotatable bonds is 1. The fourth-order valence-corrected chi connectivity index (χ4v) is 1.97. The summed E-state index contributed by atoms with van der Waals surface area (Å²) in [5.74, 6) is 0. The normalized spacial score (nSPS) is 11.0. The Hall–Kier alpha value is -1.96. The van der Waals surface area contributed by atoms with Crippen molar-refractivity contribution in [3.63, 3.8) is 0 Å². The van der Waals surface area contributed by atoms with Gasteiger partial charge in [-0.25, -0.2) is 0 Å². The van der Waals surface area contributed by atoms with Gasteiger partial charge in [-0.3, -0.25) is 0 Å². The predicted octanol–water partition coefficient (Wildman–Crippen LogP) is 3.17. The third-order valence-corrected chi connectivity index (χ3v) is 2.73. The van der Waals surface area contributed by atoms with Gasteiger partial charge in [0, 0.05) is 47.7 Å². The molecule has 0 radical (unpaired) electrons. The van der Waals surface area contributed by atoms with Gasteiger partial charge in [-0.2, -0.15) is 0 Å². The zero-order valence-corrected chi connectivity index (χ0v) is 8.57. The van der Waals surface area contributed by atoms with Crippen LogP contribution in [0.2, 0.25) is 0 Å². The number of benzene rings is 1. The summed E-state index contributed by atoms with van der Waals surface area (Å²) in [4.78, 5) is 3.29. The maximum atomic E-state index is 3.29. The molecule has 2 heterocycles. The van der Waals surface area contributed by atoms with E-state index in [1.165, 1.54) is 22.0 Å². The summed E-state index contributed by atoms with van der Waals surface area (Å²) in [6, 6.07) is 10.5. The predicted molar refractivity (Wildman–Crippen MR) is 62.7 cm³/mol. The van der Waals surface area contributed by atoms with Gasteiger partial charge < -0.3 is 9.55 Å². The second kappa shape index (κ2) is 3.02. The first kappa shape index (κ1) is 8.36. The summed E-state index contributed by atoms with van der Waals surface area (Å²) >= 11 is 0. The molecule has 0 aliphatic heterocycles. The summed E-state index contributed by atoms with van der Waals surface area (Å²) in [7, 11) is 2.04. The minimum atomic E-state index is 1.19. The Morgan fingerprint density at radius 3 is 2.80 bits per heavy atom. The Morgan fingerprint density at radius 2 is 2.00 bits per heavy atom. The van der Waals surface area contributed by atoms with Crippen molar-refractivity contribution in [2.45, 2.75) is 0 Å². The van der Waals surface area contributed by atoms with Gasteiger partial charge in [0.15, 0.2) is 0 Å². The quantitative estimate of drug-likeness (QED) is 0.617. The van der Waals surface area contributed by atoms with Crippen molar-refractivity contribution in [3.05, 3.63) is 48.9 Å². The van der Waals surface area contributed by atoms with Crippen LogP contribution in [0.25, 0.3) is 22.0 Å². The van der Waals surface area contributed by atoms with E-state index in [4.69, 9.17) is 0 Å². The molecule has 3 aromatic rings. The number of aromatic nitrogens is 2. The van der Waals surface area contributed by atoms with Gasteiger partial charge in [0.05, 0.1) is 0 Å². The van der Waals surface area contributed by atoms with Crippen LogP contribution in [-0.2, 0) is 7.05 Å². The van der Waals surface area contributed by atoms with Crippen LogP contribution in [0.15, 0.2) is 48.9 Å². The standard InChI is InChI=1S/C13H12N2/c1-15-7-6-10(9-15)12-8-14-13-5-3-2-4-11(12)13/h2-9,14H,1H3. The number of hydrogen-bond donors (Lipinski definition) is 1. The summed E-state index contributed by atoms with van der Waals surface area (Å²) in [5, 5.41) is 1.28. The molecule has 0 aliphatic rings. The number of nitrogens with one attached hydrogen (secondary N) is 1. The SMILES string of the molecule is Cn1ccc(-c2c[nH]c3ccccc23)c1. The minimum Gasteiger partial charge on any atom is -0.361 e. The van der Waals surface area contributed by atoms with Gasteiger partial charge in [0.2, 0.25) is 0 Å². The number of aromatic amines is 1. The molecule has 0 spiro atoms. The summed E-state index contributed by atoms with van der Waals surface area (Å²) < 4.78 is 2.07. The Labute approximate surface area is 88.2 Å². The second-order valence-electron chi connectivity index (χ2n) is 3.81. The molecule has 0 saturated carbocycles. The Kier molecular flexibility index (Phi) is 1.68. The molecule has 0 unspecified atom stereocenters. The third-order valence-electron chi connectivity index (χ3n) is 2.73. The van der Waals surface area contributed by atoms with Crippen LogP contribution in [0.3, 0.4) is 0 Å². The van der Waals surface area contributed by atoms with Gasteiger partial charge in [-0.05, 0) is 12.1 Å². The van der Waals surface area contributed by atoms with Crippen molar-refractivity contribution in [1.82, 2.24) is 9.55 Å². The average Bonchev–Trinajstić information content (AvgIpc) is 2.83. The molecule has 2 nitrogen and oxygen atoms in total. The van der Waals surface area contributed by atoms with Crippen LogP contribution in [-0.4, -0.2) is 9.55 Å². The summed E-state index contributed by atoms with van der Waals surface area (Å²) in [6.07, 6.45) is 6.27. The summed E-state index contributed by atoms with van der Waals surface area (Å²) in [6.45, 7) is 0. The van der Waals surface area contributed by atoms with Crippen LogP contribution < -0.4 is 0 Å². The van der Waals surface area contributed by atoms with Gasteiger partial charge in [0.25, 0.3) is 0 Å². The van der Waals surface area contributed by atoms with Crippen molar-refractivity contribution in [2.24, 2.45) is 7.05 Å². The molecule has 74 valence electrons. The molecule has 0 fully saturated rings. The van der Waals surface area contributed by atoms with E-state index in [9.17, 15) is 0 Å². The van der Waals surface area contributed by atoms with Crippen molar-refractivity contribution < 1.29 is 0 Å². The molecule has 3 rings (SSSR count). The van der Waals surface area contributed by atoms with E-state index in [0.717, 1.165) is 0 Å². The van der Waals surface area contributed by atoms with Gasteiger partial charge in [-0.15, -0.1) is 0 Å². The molecule has 1 aromatic carbocycles. The lowest BCUT2D eigenvalue weighted by molar-refractivity contribution is 0.929. The summed E-state index contributed by atoms with van der Waals surface area (Å²) in [5.41, 5.74) is 3.72. The molecule has 0 bridgehead atoms. The first-order chi connectivity index (χ1) is 7.34. The van der Waals surface area contributed by atoms with Gasteiger partial charge >= 0.3 is 0 Å². The maximum Gasteiger partial charge on any atom is 0.0460 e. The molecule has 15 heavy (non-hydrogen) atoms. The highest BCUT2D eigenvalue weighted by molar-refractivity contribution is 5.95. The van der Waals surface area contributed by atoms with Crippen LogP contribution in [0, 0.1) is 0 Å². The molecule has 2 heteroatoms. The lowest BCUT2D eigenvalue weighted by atomic mass is 10.1. The van der Waals surface area contributed by atoms with Crippen LogP contribution >= 0.6 is 0 Å². The van der Waals surface area contributed by atoms with Gasteiger partial charge in [0.1, 0.15) is 0 Å². The highest BCUT2D eigenvalue weighted by Gasteiger charge is 2.05. The lowest BCUT2D eigenvalue weighted by Crippen LogP contribution is -1.77. The number of nitrogens with zero attached hydrogens (tertiary/aromatic N) is 1. The number of H-pyrrole nitrogens is 1. The minimum absolute atomic E-state index is 1.19. The highest BCUT2D eigenvalue weighted by atomic mass is 14.9. The average molecular weight is 196 g/mol. The highest BCUT2D eigenvalue weighted by Crippen LogP contribution is 2.28. The fourth-order valence-electron chi connectivity index (χ4n) is 1.97. The van der Waals surface area contributed by atoms with E-state index >= 15 is 0 Å². The third kappa shape index (κ3) is 1.26. The van der Waals surface area contributed by atoms with E-state index in [0.29, 0.717) is 0 Å². The number of fused-ring (bicyclic) bond motifs is 1. The smallest absolute Gasteiger partial charge is 0.0460 e. The number of para-hydroxylation sites is 1. The van der Waals surface area contributed by atoms with E-state index in [2.05, 4.69) is 52.4 Å². The molecular weight excluding hydrogens is 184 g/mol. The molecular formula is C13H12N2. The van der Waals surface area contributed by atoms with Crippen molar-refractivity contribution in [1.29, 1.82) is 0 Å². The molecule has 0 atom stereocenters. The lowest BCUT2D eigenvalue weighted by Gasteiger charge is -1.94. The fraction of sp³-hybridized carbons (Fsp3) is 0.0769. The zero-order chi connectivity index (χ0) is 10.3. The van der Waals surface area contributed by atoms with Crippen LogP contribution in [0.4, 0.5) is 0 Å². The van der Waals surface area contributed by atoms with E-state index in [1.54, 1.807) is 0 Å². The van der Waals surface area contributed by atoms with Crippen molar-refractivity contribution in [3.8, 4) is 11.1 Å². The van der Waals surface area contributed by atoms with E-state index < -0.39 is 0 Å². The topological polar surface area (TPSA) is 20.7 Å². The van der Waals surface area contributed by atoms with Crippen LogP contribution in [0.5, 0.6) is 0 Å². The van der Waals surface area contributed by atoms with Gasteiger partial charge in [-0.1, -0.05) is 18.2 Å². The maximum absolute atomic E-state index is 3.29. The van der Waals surface area contributed by atoms with E-state index in [-0.39, 0.29) is 0 Å². The Balaban J connectivity index is 2.27. The molecule has 2 aromatic heterocycles. The zero-order valence-electron chi connectivity index (χ0n) is 8.57. The van der Waals surface area contributed by atoms with E-state index in [1.807, 2.05) is 13.1 Å².